The first-order valence-electron chi connectivity index (χ1n) is 7.80. The molecule has 4 heteroatoms. The van der Waals surface area contributed by atoms with E-state index in [1.807, 2.05) is 6.20 Å². The summed E-state index contributed by atoms with van der Waals surface area (Å²) in [5.41, 5.74) is 1.30. The molecule has 0 aliphatic carbocycles. The van der Waals surface area contributed by atoms with Gasteiger partial charge in [0.2, 0.25) is 0 Å². The number of aromatic nitrogens is 1. The molecule has 0 radical (unpaired) electrons. The van der Waals surface area contributed by atoms with Gasteiger partial charge in [-0.25, -0.2) is 4.98 Å². The molecule has 1 saturated heterocycles. The molecule has 1 aromatic heterocycles. The van der Waals surface area contributed by atoms with Gasteiger partial charge in [-0.3, -0.25) is 0 Å². The van der Waals surface area contributed by atoms with E-state index >= 15 is 0 Å². The SMILES string of the molecule is CCNC(C)c1ccnc(N2CCCC(OCC)C2)c1. The van der Waals surface area contributed by atoms with Gasteiger partial charge in [-0.05, 0) is 50.9 Å². The fourth-order valence-corrected chi connectivity index (χ4v) is 2.82. The van der Waals surface area contributed by atoms with Gasteiger partial charge in [0, 0.05) is 31.9 Å². The van der Waals surface area contributed by atoms with Crippen LogP contribution >= 0.6 is 0 Å². The maximum atomic E-state index is 5.77. The number of pyridine rings is 1. The van der Waals surface area contributed by atoms with E-state index in [0.717, 1.165) is 38.5 Å². The molecular formula is C16H27N3O. The zero-order valence-electron chi connectivity index (χ0n) is 12.9. The summed E-state index contributed by atoms with van der Waals surface area (Å²) in [5, 5.41) is 3.45. The van der Waals surface area contributed by atoms with Crippen molar-refractivity contribution < 1.29 is 4.74 Å². The van der Waals surface area contributed by atoms with Crippen LogP contribution in [-0.4, -0.2) is 37.3 Å². The second-order valence-corrected chi connectivity index (χ2v) is 5.39. The van der Waals surface area contributed by atoms with Crippen molar-refractivity contribution in [2.75, 3.05) is 31.1 Å². The molecule has 4 nitrogen and oxygen atoms in total. The molecule has 2 rings (SSSR count). The van der Waals surface area contributed by atoms with Gasteiger partial charge in [0.1, 0.15) is 5.82 Å². The highest BCUT2D eigenvalue weighted by molar-refractivity contribution is 5.42. The summed E-state index contributed by atoms with van der Waals surface area (Å²) in [4.78, 5) is 6.90. The van der Waals surface area contributed by atoms with Crippen LogP contribution in [-0.2, 0) is 4.74 Å². The second-order valence-electron chi connectivity index (χ2n) is 5.39. The fourth-order valence-electron chi connectivity index (χ4n) is 2.82. The minimum atomic E-state index is 0.352. The van der Waals surface area contributed by atoms with Crippen LogP contribution in [0.25, 0.3) is 0 Å². The van der Waals surface area contributed by atoms with E-state index in [1.165, 1.54) is 12.0 Å². The Bertz CT molecular complexity index is 408. The summed E-state index contributed by atoms with van der Waals surface area (Å²) in [7, 11) is 0. The number of rotatable bonds is 6. The molecule has 1 fully saturated rings. The fraction of sp³-hybridized carbons (Fsp3) is 0.688. The Kier molecular flexibility index (Phi) is 5.80. The molecule has 1 aromatic rings. The Morgan fingerprint density at radius 3 is 3.10 bits per heavy atom. The highest BCUT2D eigenvalue weighted by Gasteiger charge is 2.21. The minimum Gasteiger partial charge on any atom is -0.377 e. The smallest absolute Gasteiger partial charge is 0.128 e. The molecule has 112 valence electrons. The van der Waals surface area contributed by atoms with E-state index in [-0.39, 0.29) is 0 Å². The van der Waals surface area contributed by atoms with Crippen LogP contribution in [0.2, 0.25) is 0 Å². The summed E-state index contributed by atoms with van der Waals surface area (Å²) < 4.78 is 5.77. The van der Waals surface area contributed by atoms with E-state index in [0.29, 0.717) is 12.1 Å². The Morgan fingerprint density at radius 2 is 2.35 bits per heavy atom. The van der Waals surface area contributed by atoms with Crippen molar-refractivity contribution in [3.8, 4) is 0 Å². The predicted octanol–water partition coefficient (Wildman–Crippen LogP) is 2.76. The maximum Gasteiger partial charge on any atom is 0.128 e. The third kappa shape index (κ3) is 3.93. The van der Waals surface area contributed by atoms with Crippen molar-refractivity contribution in [2.45, 2.75) is 45.8 Å². The van der Waals surface area contributed by atoms with E-state index < -0.39 is 0 Å². The lowest BCUT2D eigenvalue weighted by atomic mass is 10.1. The molecule has 1 aliphatic rings. The van der Waals surface area contributed by atoms with Crippen molar-refractivity contribution in [1.29, 1.82) is 0 Å². The summed E-state index contributed by atoms with van der Waals surface area (Å²) >= 11 is 0. The normalized spacial score (nSPS) is 20.9. The Hall–Kier alpha value is -1.13. The van der Waals surface area contributed by atoms with Crippen LogP contribution in [0.4, 0.5) is 5.82 Å². The molecule has 2 atom stereocenters. The molecule has 0 amide bonds. The number of hydrogen-bond donors (Lipinski definition) is 1. The van der Waals surface area contributed by atoms with E-state index in [9.17, 15) is 0 Å². The molecule has 20 heavy (non-hydrogen) atoms. The molecule has 0 spiro atoms. The molecule has 1 N–H and O–H groups in total. The molecule has 2 heterocycles. The summed E-state index contributed by atoms with van der Waals surface area (Å²) in [5.74, 6) is 1.08. The maximum absolute atomic E-state index is 5.77. The zero-order valence-corrected chi connectivity index (χ0v) is 12.9. The van der Waals surface area contributed by atoms with Gasteiger partial charge in [0.05, 0.1) is 6.10 Å². The molecule has 0 saturated carbocycles. The Balaban J connectivity index is 2.06. The van der Waals surface area contributed by atoms with E-state index in [1.54, 1.807) is 0 Å². The van der Waals surface area contributed by atoms with Gasteiger partial charge in [0.15, 0.2) is 0 Å². The molecule has 0 aromatic carbocycles. The minimum absolute atomic E-state index is 0.352. The number of hydrogen-bond acceptors (Lipinski definition) is 4. The molecule has 0 bridgehead atoms. The highest BCUT2D eigenvalue weighted by atomic mass is 16.5. The van der Waals surface area contributed by atoms with E-state index in [2.05, 4.69) is 48.1 Å². The van der Waals surface area contributed by atoms with Gasteiger partial charge in [-0.2, -0.15) is 0 Å². The van der Waals surface area contributed by atoms with Gasteiger partial charge in [0.25, 0.3) is 0 Å². The van der Waals surface area contributed by atoms with Gasteiger partial charge < -0.3 is 15.0 Å². The van der Waals surface area contributed by atoms with Gasteiger partial charge in [-0.15, -0.1) is 0 Å². The van der Waals surface area contributed by atoms with Crippen molar-refractivity contribution in [1.82, 2.24) is 10.3 Å². The molecule has 1 aliphatic heterocycles. The number of anilines is 1. The third-order valence-corrected chi connectivity index (χ3v) is 3.88. The first-order chi connectivity index (χ1) is 9.74. The lowest BCUT2D eigenvalue weighted by molar-refractivity contribution is 0.0525. The number of piperidine rings is 1. The van der Waals surface area contributed by atoms with Crippen LogP contribution in [0.15, 0.2) is 18.3 Å². The summed E-state index contributed by atoms with van der Waals surface area (Å²) in [6.45, 7) is 10.2. The largest absolute Gasteiger partial charge is 0.377 e. The lowest BCUT2D eigenvalue weighted by Crippen LogP contribution is -2.40. The quantitative estimate of drug-likeness (QED) is 0.867. The summed E-state index contributed by atoms with van der Waals surface area (Å²) in [6, 6.07) is 4.68. The predicted molar refractivity (Wildman–Crippen MR) is 83.2 cm³/mol. The number of nitrogens with zero attached hydrogens (tertiary/aromatic N) is 2. The number of ether oxygens (including phenoxy) is 1. The summed E-state index contributed by atoms with van der Waals surface area (Å²) in [6.07, 6.45) is 4.62. The van der Waals surface area contributed by atoms with Crippen molar-refractivity contribution >= 4 is 5.82 Å². The standard InChI is InChI=1S/C16H27N3O/c1-4-17-13(3)14-8-9-18-16(11-14)19-10-6-7-15(12-19)20-5-2/h8-9,11,13,15,17H,4-7,10,12H2,1-3H3. The average Bonchev–Trinajstić information content (AvgIpc) is 2.48. The van der Waals surface area contributed by atoms with E-state index in [4.69, 9.17) is 4.74 Å². The van der Waals surface area contributed by atoms with Crippen molar-refractivity contribution in [3.63, 3.8) is 0 Å². The molecule has 2 unspecified atom stereocenters. The average molecular weight is 277 g/mol. The van der Waals surface area contributed by atoms with Crippen molar-refractivity contribution in [3.05, 3.63) is 23.9 Å². The second kappa shape index (κ2) is 7.60. The number of nitrogens with one attached hydrogen (secondary N) is 1. The first kappa shape index (κ1) is 15.3. The monoisotopic (exact) mass is 277 g/mol. The lowest BCUT2D eigenvalue weighted by Gasteiger charge is -2.33. The van der Waals surface area contributed by atoms with Crippen LogP contribution in [0.5, 0.6) is 0 Å². The van der Waals surface area contributed by atoms with Crippen LogP contribution in [0, 0.1) is 0 Å². The topological polar surface area (TPSA) is 37.4 Å². The third-order valence-electron chi connectivity index (χ3n) is 3.88. The van der Waals surface area contributed by atoms with Gasteiger partial charge in [-0.1, -0.05) is 6.92 Å². The molecular weight excluding hydrogens is 250 g/mol. The van der Waals surface area contributed by atoms with Crippen LogP contribution < -0.4 is 10.2 Å². The van der Waals surface area contributed by atoms with Crippen molar-refractivity contribution in [2.24, 2.45) is 0 Å². The van der Waals surface area contributed by atoms with Crippen LogP contribution in [0.3, 0.4) is 0 Å². The van der Waals surface area contributed by atoms with Crippen LogP contribution in [0.1, 0.15) is 45.2 Å². The Morgan fingerprint density at radius 1 is 1.50 bits per heavy atom. The van der Waals surface area contributed by atoms with Gasteiger partial charge >= 0.3 is 0 Å². The highest BCUT2D eigenvalue weighted by Crippen LogP contribution is 2.22. The zero-order chi connectivity index (χ0) is 14.4. The Labute approximate surface area is 122 Å². The first-order valence-corrected chi connectivity index (χ1v) is 7.80.